The van der Waals surface area contributed by atoms with Crippen LogP contribution in [0.2, 0.25) is 0 Å². The fourth-order valence-electron chi connectivity index (χ4n) is 3.01. The van der Waals surface area contributed by atoms with Crippen LogP contribution >= 0.6 is 0 Å². The van der Waals surface area contributed by atoms with E-state index in [9.17, 15) is 18.0 Å². The molecule has 0 saturated heterocycles. The van der Waals surface area contributed by atoms with Crippen LogP contribution in [0.5, 0.6) is 0 Å². The molecule has 0 bridgehead atoms. The molecule has 3 nitrogen and oxygen atoms in total. The number of halogens is 3. The van der Waals surface area contributed by atoms with Gasteiger partial charge in [-0.15, -0.1) is 0 Å². The molecule has 22 heavy (non-hydrogen) atoms. The minimum Gasteiger partial charge on any atom is -0.478 e. The molecular weight excluding hydrogens is 295 g/mol. The van der Waals surface area contributed by atoms with E-state index in [0.29, 0.717) is 19.5 Å². The van der Waals surface area contributed by atoms with E-state index in [2.05, 4.69) is 5.32 Å². The first-order valence-electron chi connectivity index (χ1n) is 7.46. The molecule has 1 fully saturated rings. The fraction of sp³-hybridized carbons (Fsp3) is 0.562. The average molecular weight is 315 g/mol. The summed E-state index contributed by atoms with van der Waals surface area (Å²) >= 11 is 0. The van der Waals surface area contributed by atoms with Gasteiger partial charge in [0.15, 0.2) is 0 Å². The number of aromatic carboxylic acids is 1. The third-order valence-electron chi connectivity index (χ3n) is 4.18. The molecule has 2 unspecified atom stereocenters. The van der Waals surface area contributed by atoms with E-state index < -0.39 is 18.1 Å². The lowest BCUT2D eigenvalue weighted by Crippen LogP contribution is -2.33. The van der Waals surface area contributed by atoms with E-state index in [4.69, 9.17) is 5.11 Å². The molecular formula is C16H20F3NO2. The summed E-state index contributed by atoms with van der Waals surface area (Å²) in [4.78, 5) is 10.9. The zero-order valence-electron chi connectivity index (χ0n) is 12.2. The molecule has 122 valence electrons. The maximum absolute atomic E-state index is 12.7. The second-order valence-electron chi connectivity index (χ2n) is 5.91. The minimum atomic E-state index is -4.09. The van der Waals surface area contributed by atoms with E-state index >= 15 is 0 Å². The van der Waals surface area contributed by atoms with Gasteiger partial charge >= 0.3 is 12.1 Å². The van der Waals surface area contributed by atoms with Gasteiger partial charge in [-0.25, -0.2) is 4.79 Å². The highest BCUT2D eigenvalue weighted by Gasteiger charge is 2.41. The summed E-state index contributed by atoms with van der Waals surface area (Å²) in [5, 5.41) is 12.1. The van der Waals surface area contributed by atoms with Crippen molar-refractivity contribution in [3.8, 4) is 0 Å². The Bertz CT molecular complexity index is 516. The van der Waals surface area contributed by atoms with Crippen molar-refractivity contribution in [2.24, 2.45) is 11.8 Å². The lowest BCUT2D eigenvalue weighted by atomic mass is 9.81. The molecule has 2 N–H and O–H groups in total. The van der Waals surface area contributed by atoms with Crippen LogP contribution < -0.4 is 5.32 Å². The van der Waals surface area contributed by atoms with E-state index in [1.54, 1.807) is 18.2 Å². The Morgan fingerprint density at radius 2 is 2.09 bits per heavy atom. The Morgan fingerprint density at radius 3 is 2.77 bits per heavy atom. The Labute approximate surface area is 127 Å². The van der Waals surface area contributed by atoms with Crippen molar-refractivity contribution >= 4 is 5.97 Å². The molecule has 0 aromatic heterocycles. The van der Waals surface area contributed by atoms with Gasteiger partial charge in [-0.1, -0.05) is 18.6 Å². The van der Waals surface area contributed by atoms with Gasteiger partial charge in [0, 0.05) is 6.54 Å². The largest absolute Gasteiger partial charge is 0.478 e. The predicted octanol–water partition coefficient (Wildman–Crippen LogP) is 3.84. The smallest absolute Gasteiger partial charge is 0.391 e. The fourth-order valence-corrected chi connectivity index (χ4v) is 3.01. The van der Waals surface area contributed by atoms with Crippen LogP contribution in [0.3, 0.4) is 0 Å². The summed E-state index contributed by atoms with van der Waals surface area (Å²) < 4.78 is 38.2. The van der Waals surface area contributed by atoms with Crippen molar-refractivity contribution in [3.05, 3.63) is 35.4 Å². The molecule has 1 aromatic rings. The Kier molecular flexibility index (Phi) is 5.45. The Morgan fingerprint density at radius 1 is 1.32 bits per heavy atom. The average Bonchev–Trinajstić information content (AvgIpc) is 2.47. The topological polar surface area (TPSA) is 49.3 Å². The highest BCUT2D eigenvalue weighted by molar-refractivity contribution is 5.87. The lowest BCUT2D eigenvalue weighted by Gasteiger charge is -2.30. The number of benzene rings is 1. The number of carboxylic acids is 1. The number of rotatable bonds is 5. The first-order valence-corrected chi connectivity index (χ1v) is 7.46. The van der Waals surface area contributed by atoms with Gasteiger partial charge in [0.2, 0.25) is 0 Å². The summed E-state index contributed by atoms with van der Waals surface area (Å²) in [6.07, 6.45) is -2.24. The number of alkyl halides is 3. The molecule has 0 spiro atoms. The molecule has 1 aliphatic rings. The van der Waals surface area contributed by atoms with Gasteiger partial charge in [0.25, 0.3) is 0 Å². The van der Waals surface area contributed by atoms with Crippen molar-refractivity contribution in [3.63, 3.8) is 0 Å². The summed E-state index contributed by atoms with van der Waals surface area (Å²) in [7, 11) is 0. The Hall–Kier alpha value is -1.56. The SMILES string of the molecule is O=C(O)c1cccc(CNCC2CCCC(C(F)(F)F)C2)c1. The van der Waals surface area contributed by atoms with Crippen LogP contribution in [0.4, 0.5) is 13.2 Å². The summed E-state index contributed by atoms with van der Waals surface area (Å²) in [5.41, 5.74) is 1.04. The predicted molar refractivity (Wildman–Crippen MR) is 76.6 cm³/mol. The quantitative estimate of drug-likeness (QED) is 0.868. The second kappa shape index (κ2) is 7.13. The monoisotopic (exact) mass is 315 g/mol. The molecule has 2 rings (SSSR count). The van der Waals surface area contributed by atoms with Gasteiger partial charge in [-0.05, 0) is 49.4 Å². The molecule has 0 radical (unpaired) electrons. The van der Waals surface area contributed by atoms with E-state index in [1.807, 2.05) is 0 Å². The van der Waals surface area contributed by atoms with E-state index in [-0.39, 0.29) is 24.3 Å². The van der Waals surface area contributed by atoms with Crippen molar-refractivity contribution in [2.75, 3.05) is 6.54 Å². The maximum atomic E-state index is 12.7. The van der Waals surface area contributed by atoms with Gasteiger partial charge < -0.3 is 10.4 Å². The van der Waals surface area contributed by atoms with Crippen molar-refractivity contribution in [1.82, 2.24) is 5.32 Å². The van der Waals surface area contributed by atoms with Gasteiger partial charge in [0.05, 0.1) is 11.5 Å². The van der Waals surface area contributed by atoms with Crippen LogP contribution in [-0.4, -0.2) is 23.8 Å². The van der Waals surface area contributed by atoms with Gasteiger partial charge in [-0.3, -0.25) is 0 Å². The first-order chi connectivity index (χ1) is 10.4. The van der Waals surface area contributed by atoms with E-state index in [1.165, 1.54) is 6.07 Å². The molecule has 0 aliphatic heterocycles. The summed E-state index contributed by atoms with van der Waals surface area (Å²) in [5.74, 6) is -2.13. The van der Waals surface area contributed by atoms with Crippen LogP contribution in [-0.2, 0) is 6.54 Å². The molecule has 1 aromatic carbocycles. The van der Waals surface area contributed by atoms with Crippen molar-refractivity contribution in [2.45, 2.75) is 38.4 Å². The molecule has 0 heterocycles. The normalized spacial score (nSPS) is 22.5. The Balaban J connectivity index is 1.81. The molecule has 1 aliphatic carbocycles. The van der Waals surface area contributed by atoms with Crippen LogP contribution in [0.15, 0.2) is 24.3 Å². The van der Waals surface area contributed by atoms with E-state index in [0.717, 1.165) is 12.0 Å². The van der Waals surface area contributed by atoms with Crippen LogP contribution in [0.25, 0.3) is 0 Å². The van der Waals surface area contributed by atoms with Crippen LogP contribution in [0.1, 0.15) is 41.6 Å². The zero-order chi connectivity index (χ0) is 16.2. The number of nitrogens with one attached hydrogen (secondary N) is 1. The van der Waals surface area contributed by atoms with Gasteiger partial charge in [0.1, 0.15) is 0 Å². The number of carboxylic acid groups (broad SMARTS) is 1. The summed E-state index contributed by atoms with van der Waals surface area (Å²) in [6, 6.07) is 6.56. The molecule has 1 saturated carbocycles. The number of hydrogen-bond donors (Lipinski definition) is 2. The lowest BCUT2D eigenvalue weighted by molar-refractivity contribution is -0.185. The van der Waals surface area contributed by atoms with Gasteiger partial charge in [-0.2, -0.15) is 13.2 Å². The maximum Gasteiger partial charge on any atom is 0.391 e. The van der Waals surface area contributed by atoms with Crippen molar-refractivity contribution < 1.29 is 23.1 Å². The number of carbonyl (C=O) groups is 1. The molecule has 2 atom stereocenters. The third kappa shape index (κ3) is 4.73. The highest BCUT2D eigenvalue weighted by Crippen LogP contribution is 2.39. The van der Waals surface area contributed by atoms with Crippen molar-refractivity contribution in [1.29, 1.82) is 0 Å². The molecule has 0 amide bonds. The summed E-state index contributed by atoms with van der Waals surface area (Å²) in [6.45, 7) is 0.998. The number of hydrogen-bond acceptors (Lipinski definition) is 2. The zero-order valence-corrected chi connectivity index (χ0v) is 12.2. The minimum absolute atomic E-state index is 0.0306. The third-order valence-corrected chi connectivity index (χ3v) is 4.18. The van der Waals surface area contributed by atoms with Crippen LogP contribution in [0, 0.1) is 11.8 Å². The second-order valence-corrected chi connectivity index (χ2v) is 5.91. The molecule has 6 heteroatoms. The standard InChI is InChI=1S/C16H20F3NO2/c17-16(18,19)14-6-2-4-12(8-14)10-20-9-11-3-1-5-13(7-11)15(21)22/h1,3,5,7,12,14,20H,2,4,6,8-10H2,(H,21,22). The first kappa shape index (κ1) is 16.8. The highest BCUT2D eigenvalue weighted by atomic mass is 19.4.